The van der Waals surface area contributed by atoms with Crippen LogP contribution in [0.1, 0.15) is 5.56 Å². The monoisotopic (exact) mass is 294 g/mol. The molecule has 0 aliphatic rings. The zero-order valence-electron chi connectivity index (χ0n) is 10.2. The van der Waals surface area contributed by atoms with Crippen LogP contribution in [0, 0.1) is 0 Å². The Morgan fingerprint density at radius 1 is 1.26 bits per heavy atom. The van der Waals surface area contributed by atoms with Crippen LogP contribution in [-0.4, -0.2) is 34.6 Å². The summed E-state index contributed by atoms with van der Waals surface area (Å²) in [6, 6.07) is 6.10. The van der Waals surface area contributed by atoms with Crippen LogP contribution in [0.4, 0.5) is 8.78 Å². The van der Waals surface area contributed by atoms with Crippen LogP contribution in [0.2, 0.25) is 0 Å². The number of rotatable bonds is 8. The first kappa shape index (κ1) is 16.0. The molecule has 0 saturated carbocycles. The van der Waals surface area contributed by atoms with E-state index in [0.717, 1.165) is 5.56 Å². The number of hydrogen-bond donors (Lipinski definition) is 2. The third kappa shape index (κ3) is 5.60. The molecular formula is C11H16F2N2O3S. The van der Waals surface area contributed by atoms with E-state index in [1.807, 2.05) is 0 Å². The van der Waals surface area contributed by atoms with Gasteiger partial charge in [0.2, 0.25) is 10.0 Å². The van der Waals surface area contributed by atoms with Gasteiger partial charge in [0.1, 0.15) is 6.61 Å². The molecule has 3 N–H and O–H groups in total. The second-order valence-electron chi connectivity index (χ2n) is 3.71. The first-order chi connectivity index (χ1) is 8.95. The van der Waals surface area contributed by atoms with Crippen LogP contribution in [-0.2, 0) is 21.3 Å². The normalized spacial score (nSPS) is 12.0. The highest BCUT2D eigenvalue weighted by Gasteiger charge is 2.13. The van der Waals surface area contributed by atoms with E-state index in [-0.39, 0.29) is 18.0 Å². The molecule has 1 rings (SSSR count). The molecule has 5 nitrogen and oxygen atoms in total. The number of nitrogens with one attached hydrogen (secondary N) is 1. The Morgan fingerprint density at radius 2 is 1.89 bits per heavy atom. The molecule has 0 aromatic heterocycles. The van der Waals surface area contributed by atoms with Crippen molar-refractivity contribution >= 4 is 10.0 Å². The third-order valence-electron chi connectivity index (χ3n) is 2.25. The molecule has 0 aliphatic heterocycles. The largest absolute Gasteiger partial charge is 0.374 e. The van der Waals surface area contributed by atoms with Crippen LogP contribution >= 0.6 is 0 Å². The molecule has 0 bridgehead atoms. The van der Waals surface area contributed by atoms with Crippen molar-refractivity contribution in [2.75, 3.05) is 19.8 Å². The van der Waals surface area contributed by atoms with Crippen molar-refractivity contribution in [3.8, 4) is 0 Å². The van der Waals surface area contributed by atoms with Crippen molar-refractivity contribution < 1.29 is 21.9 Å². The first-order valence-corrected chi connectivity index (χ1v) is 7.08. The van der Waals surface area contributed by atoms with Crippen molar-refractivity contribution in [1.29, 1.82) is 0 Å². The van der Waals surface area contributed by atoms with E-state index in [1.54, 1.807) is 12.1 Å². The summed E-state index contributed by atoms with van der Waals surface area (Å²) < 4.78 is 53.9. The van der Waals surface area contributed by atoms with Crippen molar-refractivity contribution in [2.24, 2.45) is 5.73 Å². The first-order valence-electron chi connectivity index (χ1n) is 5.60. The molecule has 1 aromatic rings. The lowest BCUT2D eigenvalue weighted by Crippen LogP contribution is -2.28. The molecule has 0 aliphatic carbocycles. The predicted molar refractivity (Wildman–Crippen MR) is 66.3 cm³/mol. The lowest BCUT2D eigenvalue weighted by Gasteiger charge is -2.08. The van der Waals surface area contributed by atoms with E-state index in [0.29, 0.717) is 6.54 Å². The fraction of sp³-hybridized carbons (Fsp3) is 0.455. The fourth-order valence-corrected chi connectivity index (χ4v) is 2.32. The van der Waals surface area contributed by atoms with Gasteiger partial charge in [0, 0.05) is 13.1 Å². The molecule has 8 heteroatoms. The van der Waals surface area contributed by atoms with Gasteiger partial charge in [0.15, 0.2) is 0 Å². The predicted octanol–water partition coefficient (Wildman–Crippen LogP) is 0.705. The van der Waals surface area contributed by atoms with Crippen molar-refractivity contribution in [3.63, 3.8) is 0 Å². The Morgan fingerprint density at radius 3 is 2.42 bits per heavy atom. The molecule has 108 valence electrons. The molecule has 1 aromatic carbocycles. The van der Waals surface area contributed by atoms with Crippen molar-refractivity contribution in [3.05, 3.63) is 29.8 Å². The van der Waals surface area contributed by atoms with Gasteiger partial charge in [-0.2, -0.15) is 0 Å². The van der Waals surface area contributed by atoms with Gasteiger partial charge < -0.3 is 10.5 Å². The molecule has 0 amide bonds. The number of nitrogens with two attached hydrogens (primary N) is 1. The molecule has 0 radical (unpaired) electrons. The average Bonchev–Trinajstić information content (AvgIpc) is 2.38. The van der Waals surface area contributed by atoms with E-state index in [9.17, 15) is 17.2 Å². The quantitative estimate of drug-likeness (QED) is 0.692. The van der Waals surface area contributed by atoms with E-state index in [1.165, 1.54) is 12.1 Å². The SMILES string of the molecule is NCc1ccc(S(=O)(=O)NCCOCC(F)F)cc1. The molecule has 0 spiro atoms. The summed E-state index contributed by atoms with van der Waals surface area (Å²) in [5.41, 5.74) is 6.22. The molecule has 0 heterocycles. The zero-order chi connectivity index (χ0) is 14.3. The minimum atomic E-state index is -3.64. The summed E-state index contributed by atoms with van der Waals surface area (Å²) in [6.07, 6.45) is -2.56. The van der Waals surface area contributed by atoms with E-state index in [4.69, 9.17) is 5.73 Å². The van der Waals surface area contributed by atoms with Gasteiger partial charge in [-0.1, -0.05) is 12.1 Å². The number of benzene rings is 1. The van der Waals surface area contributed by atoms with Gasteiger partial charge in [0.05, 0.1) is 11.5 Å². The van der Waals surface area contributed by atoms with Crippen LogP contribution in [0.25, 0.3) is 0 Å². The molecule has 0 saturated heterocycles. The van der Waals surface area contributed by atoms with Gasteiger partial charge in [0.25, 0.3) is 6.43 Å². The summed E-state index contributed by atoms with van der Waals surface area (Å²) in [4.78, 5) is 0.0959. The summed E-state index contributed by atoms with van der Waals surface area (Å²) in [6.45, 7) is -0.541. The van der Waals surface area contributed by atoms with Crippen LogP contribution < -0.4 is 10.5 Å². The fourth-order valence-electron chi connectivity index (χ4n) is 1.31. The maximum Gasteiger partial charge on any atom is 0.261 e. The second kappa shape index (κ2) is 7.49. The standard InChI is InChI=1S/C11H16F2N2O3S/c12-11(13)8-18-6-5-15-19(16,17)10-3-1-9(7-14)2-4-10/h1-4,11,15H,5-8,14H2. The highest BCUT2D eigenvalue weighted by molar-refractivity contribution is 7.89. The topological polar surface area (TPSA) is 81.4 Å². The second-order valence-corrected chi connectivity index (χ2v) is 5.48. The Hall–Kier alpha value is -1.09. The number of sulfonamides is 1. The van der Waals surface area contributed by atoms with E-state index >= 15 is 0 Å². The Kier molecular flexibility index (Phi) is 6.29. The maximum absolute atomic E-state index is 11.8. The summed E-state index contributed by atoms with van der Waals surface area (Å²) >= 11 is 0. The van der Waals surface area contributed by atoms with E-state index < -0.39 is 23.1 Å². The van der Waals surface area contributed by atoms with Crippen LogP contribution in [0.5, 0.6) is 0 Å². The lowest BCUT2D eigenvalue weighted by atomic mass is 10.2. The molecule has 0 atom stereocenters. The highest BCUT2D eigenvalue weighted by atomic mass is 32.2. The van der Waals surface area contributed by atoms with Crippen molar-refractivity contribution in [1.82, 2.24) is 4.72 Å². The van der Waals surface area contributed by atoms with Gasteiger partial charge in [-0.3, -0.25) is 0 Å². The zero-order valence-corrected chi connectivity index (χ0v) is 11.0. The molecule has 0 unspecified atom stereocenters. The van der Waals surface area contributed by atoms with Gasteiger partial charge >= 0.3 is 0 Å². The Bertz CT molecular complexity index is 477. The molecular weight excluding hydrogens is 278 g/mol. The molecule has 19 heavy (non-hydrogen) atoms. The van der Waals surface area contributed by atoms with Crippen LogP contribution in [0.15, 0.2) is 29.2 Å². The number of hydrogen-bond acceptors (Lipinski definition) is 4. The average molecular weight is 294 g/mol. The van der Waals surface area contributed by atoms with E-state index in [2.05, 4.69) is 9.46 Å². The van der Waals surface area contributed by atoms with Gasteiger partial charge in [-0.25, -0.2) is 21.9 Å². The van der Waals surface area contributed by atoms with Gasteiger partial charge in [-0.15, -0.1) is 0 Å². The smallest absolute Gasteiger partial charge is 0.261 e. The van der Waals surface area contributed by atoms with Crippen molar-refractivity contribution in [2.45, 2.75) is 17.9 Å². The number of ether oxygens (including phenoxy) is 1. The molecule has 0 fully saturated rings. The minimum Gasteiger partial charge on any atom is -0.374 e. The number of alkyl halides is 2. The summed E-state index contributed by atoms with van der Waals surface area (Å²) in [5.74, 6) is 0. The highest BCUT2D eigenvalue weighted by Crippen LogP contribution is 2.09. The lowest BCUT2D eigenvalue weighted by molar-refractivity contribution is 0.0199. The Labute approximate surface area is 110 Å². The number of halogens is 2. The minimum absolute atomic E-state index is 0.0618. The summed E-state index contributed by atoms with van der Waals surface area (Å²) in [7, 11) is -3.64. The summed E-state index contributed by atoms with van der Waals surface area (Å²) in [5, 5.41) is 0. The van der Waals surface area contributed by atoms with Crippen LogP contribution in [0.3, 0.4) is 0 Å². The maximum atomic E-state index is 11.8. The Balaban J connectivity index is 2.46. The third-order valence-corrected chi connectivity index (χ3v) is 3.73. The van der Waals surface area contributed by atoms with Gasteiger partial charge in [-0.05, 0) is 17.7 Å².